The molecule has 1 aromatic heterocycles. The molecule has 0 amide bonds. The third-order valence-corrected chi connectivity index (χ3v) is 3.78. The molecule has 0 saturated carbocycles. The highest BCUT2D eigenvalue weighted by atomic mass is 35.5. The second-order valence-corrected chi connectivity index (χ2v) is 4.93. The van der Waals surface area contributed by atoms with Crippen molar-refractivity contribution in [1.29, 1.82) is 0 Å². The molecule has 2 aromatic rings. The van der Waals surface area contributed by atoms with E-state index >= 15 is 0 Å². The van der Waals surface area contributed by atoms with Crippen molar-refractivity contribution in [2.45, 2.75) is 13.0 Å². The fourth-order valence-electron chi connectivity index (χ4n) is 2.67. The van der Waals surface area contributed by atoms with Crippen LogP contribution in [0.5, 0.6) is 5.75 Å². The van der Waals surface area contributed by atoms with Crippen LogP contribution in [0.4, 0.5) is 11.5 Å². The molecule has 4 nitrogen and oxygen atoms in total. The van der Waals surface area contributed by atoms with Gasteiger partial charge in [-0.3, -0.25) is 0 Å². The van der Waals surface area contributed by atoms with Crippen molar-refractivity contribution in [3.05, 3.63) is 47.7 Å². The normalized spacial score (nSPS) is 13.1. The van der Waals surface area contributed by atoms with Crippen molar-refractivity contribution in [1.82, 2.24) is 4.98 Å². The monoisotopic (exact) mass is 305 g/mol. The van der Waals surface area contributed by atoms with Gasteiger partial charge >= 0.3 is 0 Å². The summed E-state index contributed by atoms with van der Waals surface area (Å²) in [6.45, 7) is 1.89. The second-order valence-electron chi connectivity index (χ2n) is 4.93. The first kappa shape index (κ1) is 15.4. The Morgan fingerprint density at radius 2 is 2.05 bits per heavy atom. The Bertz CT molecular complexity index is 618. The van der Waals surface area contributed by atoms with Gasteiger partial charge in [0, 0.05) is 26.3 Å². The average Bonchev–Trinajstić information content (AvgIpc) is 2.53. The zero-order valence-corrected chi connectivity index (χ0v) is 13.1. The number of anilines is 2. The van der Waals surface area contributed by atoms with Crippen LogP contribution in [0.1, 0.15) is 11.1 Å². The van der Waals surface area contributed by atoms with E-state index in [-0.39, 0.29) is 12.4 Å². The van der Waals surface area contributed by atoms with Crippen LogP contribution < -0.4 is 15.0 Å². The minimum Gasteiger partial charge on any atom is -0.495 e. The lowest BCUT2D eigenvalue weighted by Gasteiger charge is -2.31. The predicted molar refractivity (Wildman–Crippen MR) is 88.8 cm³/mol. The number of nitrogens with one attached hydrogen (secondary N) is 1. The van der Waals surface area contributed by atoms with Gasteiger partial charge in [0.25, 0.3) is 0 Å². The summed E-state index contributed by atoms with van der Waals surface area (Å²) < 4.78 is 5.47. The highest BCUT2D eigenvalue weighted by Crippen LogP contribution is 2.32. The second kappa shape index (κ2) is 6.68. The Morgan fingerprint density at radius 1 is 1.24 bits per heavy atom. The van der Waals surface area contributed by atoms with E-state index in [1.807, 2.05) is 25.4 Å². The molecule has 0 fully saturated rings. The summed E-state index contributed by atoms with van der Waals surface area (Å²) in [7, 11) is 3.62. The summed E-state index contributed by atoms with van der Waals surface area (Å²) in [5.41, 5.74) is 3.83. The molecule has 0 spiro atoms. The molecule has 5 heteroatoms. The van der Waals surface area contributed by atoms with Gasteiger partial charge < -0.3 is 15.0 Å². The Morgan fingerprint density at radius 3 is 2.81 bits per heavy atom. The van der Waals surface area contributed by atoms with E-state index in [1.165, 1.54) is 11.1 Å². The summed E-state index contributed by atoms with van der Waals surface area (Å²) in [4.78, 5) is 6.75. The maximum atomic E-state index is 5.47. The maximum absolute atomic E-state index is 5.47. The van der Waals surface area contributed by atoms with Crippen LogP contribution in [0.2, 0.25) is 0 Å². The maximum Gasteiger partial charge on any atom is 0.142 e. The lowest BCUT2D eigenvalue weighted by Crippen LogP contribution is -2.30. The van der Waals surface area contributed by atoms with Crippen LogP contribution in [-0.4, -0.2) is 25.7 Å². The highest BCUT2D eigenvalue weighted by molar-refractivity contribution is 5.85. The molecule has 1 N–H and O–H groups in total. The fourth-order valence-corrected chi connectivity index (χ4v) is 2.67. The first-order chi connectivity index (χ1) is 9.81. The molecule has 1 aromatic carbocycles. The average molecular weight is 306 g/mol. The van der Waals surface area contributed by atoms with Crippen LogP contribution in [0.25, 0.3) is 0 Å². The largest absolute Gasteiger partial charge is 0.495 e. The van der Waals surface area contributed by atoms with Gasteiger partial charge in [-0.05, 0) is 35.7 Å². The number of fused-ring (bicyclic) bond motifs is 1. The lowest BCUT2D eigenvalue weighted by atomic mass is 10.0. The number of hydrogen-bond acceptors (Lipinski definition) is 4. The van der Waals surface area contributed by atoms with Gasteiger partial charge in [-0.15, -0.1) is 12.4 Å². The zero-order valence-electron chi connectivity index (χ0n) is 12.3. The summed E-state index contributed by atoms with van der Waals surface area (Å²) in [6.07, 6.45) is 3.01. The van der Waals surface area contributed by atoms with Crippen molar-refractivity contribution < 1.29 is 4.74 Å². The lowest BCUT2D eigenvalue weighted by molar-refractivity contribution is 0.414. The van der Waals surface area contributed by atoms with Crippen molar-refractivity contribution in [2.24, 2.45) is 0 Å². The van der Waals surface area contributed by atoms with Crippen LogP contribution >= 0.6 is 12.4 Å². The van der Waals surface area contributed by atoms with Gasteiger partial charge in [0.05, 0.1) is 12.8 Å². The Balaban J connectivity index is 0.00000161. The molecule has 112 valence electrons. The molecule has 0 aliphatic carbocycles. The predicted octanol–water partition coefficient (Wildman–Crippen LogP) is 3.12. The third-order valence-electron chi connectivity index (χ3n) is 3.78. The van der Waals surface area contributed by atoms with Crippen LogP contribution in [-0.2, 0) is 13.0 Å². The van der Waals surface area contributed by atoms with Crippen molar-refractivity contribution in [3.63, 3.8) is 0 Å². The zero-order chi connectivity index (χ0) is 13.9. The van der Waals surface area contributed by atoms with Crippen molar-refractivity contribution in [3.8, 4) is 5.75 Å². The molecule has 3 rings (SSSR count). The Hall–Kier alpha value is -1.94. The first-order valence-electron chi connectivity index (χ1n) is 6.85. The molecule has 21 heavy (non-hydrogen) atoms. The summed E-state index contributed by atoms with van der Waals surface area (Å²) in [5, 5.41) is 3.10. The molecule has 0 saturated heterocycles. The molecule has 1 aliphatic rings. The van der Waals surface area contributed by atoms with Gasteiger partial charge in [0.15, 0.2) is 0 Å². The van der Waals surface area contributed by atoms with Gasteiger partial charge in [0.1, 0.15) is 11.6 Å². The standard InChI is InChI=1S/C16H19N3O.ClH/c1-17-16-9-13-11-19(8-7-12(13)10-18-16)14-5-3-4-6-15(14)20-2;/h3-6,9-10H,7-8,11H2,1-2H3,(H,17,18);1H. The van der Waals surface area contributed by atoms with E-state index in [2.05, 4.69) is 33.4 Å². The molecule has 0 radical (unpaired) electrons. The molecule has 0 atom stereocenters. The van der Waals surface area contributed by atoms with Crippen LogP contribution in [0.15, 0.2) is 36.5 Å². The van der Waals surface area contributed by atoms with Gasteiger partial charge in [0.2, 0.25) is 0 Å². The Kier molecular flexibility index (Phi) is 4.91. The number of methoxy groups -OCH3 is 1. The smallest absolute Gasteiger partial charge is 0.142 e. The molecule has 1 aliphatic heterocycles. The van der Waals surface area contributed by atoms with Crippen molar-refractivity contribution >= 4 is 23.9 Å². The van der Waals surface area contributed by atoms with Gasteiger partial charge in [-0.2, -0.15) is 0 Å². The third kappa shape index (κ3) is 3.05. The van der Waals surface area contributed by atoms with E-state index in [1.54, 1.807) is 7.11 Å². The molecule has 0 unspecified atom stereocenters. The van der Waals surface area contributed by atoms with E-state index in [4.69, 9.17) is 4.74 Å². The van der Waals surface area contributed by atoms with Crippen LogP contribution in [0, 0.1) is 0 Å². The minimum atomic E-state index is 0. The number of ether oxygens (including phenoxy) is 1. The number of rotatable bonds is 3. The van der Waals surface area contributed by atoms with E-state index in [0.29, 0.717) is 0 Å². The number of nitrogens with zero attached hydrogens (tertiary/aromatic N) is 2. The van der Waals surface area contributed by atoms with Gasteiger partial charge in [-0.1, -0.05) is 12.1 Å². The summed E-state index contributed by atoms with van der Waals surface area (Å²) >= 11 is 0. The number of pyridine rings is 1. The highest BCUT2D eigenvalue weighted by Gasteiger charge is 2.19. The minimum absolute atomic E-state index is 0. The van der Waals surface area contributed by atoms with Crippen molar-refractivity contribution in [2.75, 3.05) is 30.9 Å². The molecule has 0 bridgehead atoms. The van der Waals surface area contributed by atoms with Gasteiger partial charge in [-0.25, -0.2) is 4.98 Å². The quantitative estimate of drug-likeness (QED) is 0.945. The molecular formula is C16H20ClN3O. The SMILES string of the molecule is CNc1cc2c(cn1)CCN(c1ccccc1OC)C2.Cl. The van der Waals surface area contributed by atoms with E-state index < -0.39 is 0 Å². The van der Waals surface area contributed by atoms with E-state index in [9.17, 15) is 0 Å². The number of hydrogen-bond donors (Lipinski definition) is 1. The van der Waals surface area contributed by atoms with E-state index in [0.717, 1.165) is 36.8 Å². The van der Waals surface area contributed by atoms with Crippen LogP contribution in [0.3, 0.4) is 0 Å². The Labute approximate surface area is 131 Å². The summed E-state index contributed by atoms with van der Waals surface area (Å²) in [6, 6.07) is 10.3. The number of aromatic nitrogens is 1. The molecule has 2 heterocycles. The number of para-hydroxylation sites is 2. The summed E-state index contributed by atoms with van der Waals surface area (Å²) in [5.74, 6) is 1.85. The molecular weight excluding hydrogens is 286 g/mol. The number of halogens is 1. The first-order valence-corrected chi connectivity index (χ1v) is 6.85. The fraction of sp³-hybridized carbons (Fsp3) is 0.312. The number of benzene rings is 1. The topological polar surface area (TPSA) is 37.4 Å².